The number of amides is 2. The maximum atomic E-state index is 13.1. The van der Waals surface area contributed by atoms with Gasteiger partial charge in [-0.3, -0.25) is 9.59 Å². The predicted molar refractivity (Wildman–Crippen MR) is 125 cm³/mol. The summed E-state index contributed by atoms with van der Waals surface area (Å²) in [6.45, 7) is 7.47. The highest BCUT2D eigenvalue weighted by molar-refractivity contribution is 7.89. The van der Waals surface area contributed by atoms with Crippen molar-refractivity contribution >= 4 is 27.5 Å². The van der Waals surface area contributed by atoms with Gasteiger partial charge in [-0.15, -0.1) is 0 Å². The largest absolute Gasteiger partial charge is 0.354 e. The molecule has 172 valence electrons. The topological polar surface area (TPSA) is 95.6 Å². The quantitative estimate of drug-likeness (QED) is 0.637. The van der Waals surface area contributed by atoms with E-state index in [1.807, 2.05) is 37.3 Å². The van der Waals surface area contributed by atoms with E-state index in [1.54, 1.807) is 30.9 Å². The molecule has 2 aromatic rings. The number of sulfonamides is 1. The lowest BCUT2D eigenvalue weighted by Crippen LogP contribution is -2.49. The van der Waals surface area contributed by atoms with Crippen LogP contribution in [0.25, 0.3) is 0 Å². The van der Waals surface area contributed by atoms with Crippen molar-refractivity contribution in [2.45, 2.75) is 57.5 Å². The lowest BCUT2D eigenvalue weighted by Gasteiger charge is -2.22. The Morgan fingerprint density at radius 3 is 2.44 bits per heavy atom. The Hall–Kier alpha value is -2.71. The van der Waals surface area contributed by atoms with Gasteiger partial charge in [0.15, 0.2) is 0 Å². The normalized spacial score (nSPS) is 16.7. The molecular formula is C24H31N3O4S. The van der Waals surface area contributed by atoms with Gasteiger partial charge in [0.25, 0.3) is 0 Å². The molecule has 7 nitrogen and oxygen atoms in total. The average Bonchev–Trinajstić information content (AvgIpc) is 3.07. The molecule has 2 atom stereocenters. The van der Waals surface area contributed by atoms with Crippen LogP contribution < -0.4 is 14.9 Å². The summed E-state index contributed by atoms with van der Waals surface area (Å²) in [7, 11) is -3.92. The van der Waals surface area contributed by atoms with Crippen LogP contribution in [-0.4, -0.2) is 38.9 Å². The first-order valence-corrected chi connectivity index (χ1v) is 12.3. The molecule has 2 aromatic carbocycles. The number of carbonyl (C=O) groups excluding carboxylic acids is 2. The van der Waals surface area contributed by atoms with E-state index in [2.05, 4.69) is 10.0 Å². The number of benzene rings is 2. The minimum absolute atomic E-state index is 0.0211. The van der Waals surface area contributed by atoms with Crippen LogP contribution in [0.15, 0.2) is 53.4 Å². The third-order valence-corrected chi connectivity index (χ3v) is 7.14. The number of hydrogen-bond acceptors (Lipinski definition) is 4. The molecule has 0 saturated carbocycles. The molecule has 0 fully saturated rings. The molecule has 1 aliphatic heterocycles. The van der Waals surface area contributed by atoms with E-state index in [0.717, 1.165) is 16.8 Å². The summed E-state index contributed by atoms with van der Waals surface area (Å²) in [4.78, 5) is 26.4. The van der Waals surface area contributed by atoms with Gasteiger partial charge >= 0.3 is 0 Å². The van der Waals surface area contributed by atoms with Gasteiger partial charge in [-0.1, -0.05) is 44.2 Å². The van der Waals surface area contributed by atoms with Gasteiger partial charge in [0.1, 0.15) is 6.04 Å². The summed E-state index contributed by atoms with van der Waals surface area (Å²) in [5.41, 5.74) is 2.65. The van der Waals surface area contributed by atoms with Gasteiger partial charge in [0, 0.05) is 25.2 Å². The average molecular weight is 458 g/mol. The Balaban J connectivity index is 1.71. The van der Waals surface area contributed by atoms with E-state index in [4.69, 9.17) is 0 Å². The van der Waals surface area contributed by atoms with Crippen LogP contribution in [0.3, 0.4) is 0 Å². The third-order valence-electron chi connectivity index (χ3n) is 5.70. The first-order chi connectivity index (χ1) is 15.1. The van der Waals surface area contributed by atoms with E-state index >= 15 is 0 Å². The van der Waals surface area contributed by atoms with Crippen molar-refractivity contribution in [3.05, 3.63) is 59.7 Å². The summed E-state index contributed by atoms with van der Waals surface area (Å²) in [6, 6.07) is 13.6. The highest BCUT2D eigenvalue weighted by Gasteiger charge is 2.32. The Morgan fingerprint density at radius 2 is 1.81 bits per heavy atom. The zero-order valence-corrected chi connectivity index (χ0v) is 19.8. The van der Waals surface area contributed by atoms with Crippen molar-refractivity contribution in [1.82, 2.24) is 10.0 Å². The molecule has 3 rings (SSSR count). The van der Waals surface area contributed by atoms with Crippen LogP contribution >= 0.6 is 0 Å². The summed E-state index contributed by atoms with van der Waals surface area (Å²) >= 11 is 0. The second kappa shape index (κ2) is 9.83. The predicted octanol–water partition coefficient (Wildman–Crippen LogP) is 2.65. The smallest absolute Gasteiger partial charge is 0.241 e. The summed E-state index contributed by atoms with van der Waals surface area (Å²) in [6.07, 6.45) is 1.26. The van der Waals surface area contributed by atoms with Crippen molar-refractivity contribution in [2.24, 2.45) is 5.92 Å². The Labute approximate surface area is 190 Å². The Morgan fingerprint density at radius 1 is 1.12 bits per heavy atom. The number of fused-ring (bicyclic) bond motifs is 1. The number of rotatable bonds is 8. The number of hydrogen-bond donors (Lipinski definition) is 2. The molecule has 0 unspecified atom stereocenters. The minimum Gasteiger partial charge on any atom is -0.354 e. The molecule has 8 heteroatoms. The van der Waals surface area contributed by atoms with Crippen LogP contribution in [0, 0.1) is 5.92 Å². The van der Waals surface area contributed by atoms with Crippen LogP contribution in [0.2, 0.25) is 0 Å². The van der Waals surface area contributed by atoms with E-state index in [-0.39, 0.29) is 28.7 Å². The molecule has 0 bridgehead atoms. The molecule has 32 heavy (non-hydrogen) atoms. The van der Waals surface area contributed by atoms with Crippen molar-refractivity contribution in [3.8, 4) is 0 Å². The van der Waals surface area contributed by atoms with Crippen LogP contribution in [-0.2, 0) is 32.5 Å². The first kappa shape index (κ1) is 23.9. The van der Waals surface area contributed by atoms with Gasteiger partial charge in [-0.05, 0) is 55.0 Å². The monoisotopic (exact) mass is 457 g/mol. The van der Waals surface area contributed by atoms with Crippen molar-refractivity contribution in [1.29, 1.82) is 0 Å². The first-order valence-electron chi connectivity index (χ1n) is 10.9. The molecule has 2 N–H and O–H groups in total. The van der Waals surface area contributed by atoms with E-state index in [9.17, 15) is 18.0 Å². The van der Waals surface area contributed by atoms with E-state index in [1.165, 1.54) is 13.0 Å². The molecule has 0 saturated heterocycles. The number of nitrogens with zero attached hydrogens (tertiary/aromatic N) is 1. The third kappa shape index (κ3) is 5.37. The second-order valence-electron chi connectivity index (χ2n) is 8.60. The molecule has 0 aliphatic carbocycles. The van der Waals surface area contributed by atoms with Crippen LogP contribution in [0.5, 0.6) is 0 Å². The summed E-state index contributed by atoms with van der Waals surface area (Å²) in [5, 5.41) is 2.84. The highest BCUT2D eigenvalue weighted by Crippen LogP contribution is 2.34. The lowest BCUT2D eigenvalue weighted by molar-refractivity contribution is -0.123. The number of anilines is 1. The summed E-state index contributed by atoms with van der Waals surface area (Å²) < 4.78 is 28.7. The Kier molecular flexibility index (Phi) is 7.36. The van der Waals surface area contributed by atoms with Crippen LogP contribution in [0.4, 0.5) is 5.69 Å². The van der Waals surface area contributed by atoms with Gasteiger partial charge < -0.3 is 10.2 Å². The van der Waals surface area contributed by atoms with E-state index in [0.29, 0.717) is 19.4 Å². The zero-order valence-electron chi connectivity index (χ0n) is 19.0. The SMILES string of the molecule is CC(=O)N1c2ccc(S(=O)(=O)N[C@H](C(=O)NCCc3ccccc3)C(C)C)cc2C[C@H]1C. The van der Waals surface area contributed by atoms with Gasteiger partial charge in [0.2, 0.25) is 21.8 Å². The zero-order chi connectivity index (χ0) is 23.5. The highest BCUT2D eigenvalue weighted by atomic mass is 32.2. The van der Waals surface area contributed by atoms with Crippen molar-refractivity contribution < 1.29 is 18.0 Å². The molecule has 0 aromatic heterocycles. The standard InChI is InChI=1S/C24H31N3O4S/c1-16(2)23(24(29)25-13-12-19-8-6-5-7-9-19)26-32(30,31)21-10-11-22-20(15-21)14-17(3)27(22)18(4)28/h5-11,15-17,23,26H,12-14H2,1-4H3,(H,25,29)/t17-,23+/m1/s1. The fourth-order valence-corrected chi connectivity index (χ4v) is 5.46. The molecule has 1 heterocycles. The molecule has 0 radical (unpaired) electrons. The molecule has 0 spiro atoms. The maximum Gasteiger partial charge on any atom is 0.241 e. The van der Waals surface area contributed by atoms with Crippen molar-refractivity contribution in [2.75, 3.05) is 11.4 Å². The second-order valence-corrected chi connectivity index (χ2v) is 10.3. The summed E-state index contributed by atoms with van der Waals surface area (Å²) in [5.74, 6) is -0.654. The van der Waals surface area contributed by atoms with Crippen LogP contribution in [0.1, 0.15) is 38.8 Å². The van der Waals surface area contributed by atoms with Gasteiger partial charge in [0.05, 0.1) is 4.90 Å². The number of carbonyl (C=O) groups is 2. The molecule has 1 aliphatic rings. The number of nitrogens with one attached hydrogen (secondary N) is 2. The fourth-order valence-electron chi connectivity index (χ4n) is 4.07. The lowest BCUT2D eigenvalue weighted by atomic mass is 10.0. The molecule has 2 amide bonds. The minimum atomic E-state index is -3.92. The maximum absolute atomic E-state index is 13.1. The van der Waals surface area contributed by atoms with E-state index < -0.39 is 16.1 Å². The van der Waals surface area contributed by atoms with Gasteiger partial charge in [-0.2, -0.15) is 4.72 Å². The molecular weight excluding hydrogens is 426 g/mol. The van der Waals surface area contributed by atoms with Gasteiger partial charge in [-0.25, -0.2) is 8.42 Å². The Bertz CT molecular complexity index is 1080. The fraction of sp³-hybridized carbons (Fsp3) is 0.417. The van der Waals surface area contributed by atoms with Crippen molar-refractivity contribution in [3.63, 3.8) is 0 Å².